The van der Waals surface area contributed by atoms with Crippen LogP contribution in [0.4, 0.5) is 5.69 Å². The predicted molar refractivity (Wildman–Crippen MR) is 76.4 cm³/mol. The highest BCUT2D eigenvalue weighted by molar-refractivity contribution is 6.31. The first-order valence-electron chi connectivity index (χ1n) is 5.77. The van der Waals surface area contributed by atoms with E-state index in [1.807, 2.05) is 43.3 Å². The normalized spacial score (nSPS) is 10.4. The number of benzene rings is 2. The Balaban J connectivity index is 2.33. The van der Waals surface area contributed by atoms with Gasteiger partial charge in [0.2, 0.25) is 0 Å². The lowest BCUT2D eigenvalue weighted by molar-refractivity contribution is 0.410. The number of halogens is 1. The zero-order valence-electron chi connectivity index (χ0n) is 10.5. The molecule has 0 aliphatic rings. The fraction of sp³-hybridized carbons (Fsp3) is 0.200. The minimum Gasteiger partial charge on any atom is -0.496 e. The Morgan fingerprint density at radius 3 is 2.44 bits per heavy atom. The molecular weight excluding hydrogens is 246 g/mol. The van der Waals surface area contributed by atoms with Crippen LogP contribution in [-0.2, 0) is 6.42 Å². The lowest BCUT2D eigenvalue weighted by atomic mass is 10.0. The van der Waals surface area contributed by atoms with E-state index < -0.39 is 0 Å². The summed E-state index contributed by atoms with van der Waals surface area (Å²) in [6.45, 7) is 1.97. The third kappa shape index (κ3) is 2.77. The Kier molecular flexibility index (Phi) is 3.78. The van der Waals surface area contributed by atoms with Gasteiger partial charge < -0.3 is 10.5 Å². The highest BCUT2D eigenvalue weighted by Crippen LogP contribution is 2.28. The molecule has 0 aliphatic heterocycles. The fourth-order valence-electron chi connectivity index (χ4n) is 1.88. The molecule has 0 unspecified atom stereocenters. The van der Waals surface area contributed by atoms with Gasteiger partial charge in [-0.3, -0.25) is 0 Å². The van der Waals surface area contributed by atoms with Gasteiger partial charge in [-0.2, -0.15) is 0 Å². The van der Waals surface area contributed by atoms with Crippen molar-refractivity contribution in [1.82, 2.24) is 0 Å². The molecule has 0 saturated carbocycles. The van der Waals surface area contributed by atoms with Gasteiger partial charge in [-0.05, 0) is 47.9 Å². The molecule has 0 saturated heterocycles. The first-order chi connectivity index (χ1) is 8.60. The molecule has 0 amide bonds. The lowest BCUT2D eigenvalue weighted by Gasteiger charge is -2.11. The van der Waals surface area contributed by atoms with Gasteiger partial charge in [0.25, 0.3) is 0 Å². The van der Waals surface area contributed by atoms with Crippen molar-refractivity contribution in [3.8, 4) is 5.75 Å². The number of rotatable bonds is 3. The number of nitrogens with two attached hydrogens (primary N) is 1. The van der Waals surface area contributed by atoms with Crippen LogP contribution in [0.2, 0.25) is 5.02 Å². The quantitative estimate of drug-likeness (QED) is 0.853. The van der Waals surface area contributed by atoms with Gasteiger partial charge in [-0.15, -0.1) is 0 Å². The first-order valence-corrected chi connectivity index (χ1v) is 6.15. The summed E-state index contributed by atoms with van der Waals surface area (Å²) < 4.78 is 5.39. The number of nitrogen functional groups attached to an aromatic ring is 1. The zero-order valence-corrected chi connectivity index (χ0v) is 11.3. The van der Waals surface area contributed by atoms with Crippen LogP contribution in [-0.4, -0.2) is 7.11 Å². The number of aryl methyl sites for hydroxylation is 1. The van der Waals surface area contributed by atoms with Gasteiger partial charge in [0, 0.05) is 17.1 Å². The number of ether oxygens (including phenoxy) is 1. The number of anilines is 1. The van der Waals surface area contributed by atoms with Gasteiger partial charge in [0.05, 0.1) is 7.11 Å². The van der Waals surface area contributed by atoms with E-state index in [4.69, 9.17) is 22.1 Å². The minimum atomic E-state index is 0.765. The van der Waals surface area contributed by atoms with Gasteiger partial charge in [0.15, 0.2) is 0 Å². The second-order valence-corrected chi connectivity index (χ2v) is 4.74. The number of hydrogen-bond donors (Lipinski definition) is 1. The van der Waals surface area contributed by atoms with Crippen molar-refractivity contribution in [3.05, 3.63) is 58.1 Å². The molecule has 0 radical (unpaired) electrons. The van der Waals surface area contributed by atoms with E-state index in [9.17, 15) is 0 Å². The molecule has 0 atom stereocenters. The molecule has 0 spiro atoms. The summed E-state index contributed by atoms with van der Waals surface area (Å²) in [4.78, 5) is 0. The van der Waals surface area contributed by atoms with E-state index in [0.29, 0.717) is 0 Å². The van der Waals surface area contributed by atoms with E-state index in [1.165, 1.54) is 5.56 Å². The van der Waals surface area contributed by atoms with Gasteiger partial charge in [0.1, 0.15) is 5.75 Å². The Morgan fingerprint density at radius 2 is 1.83 bits per heavy atom. The van der Waals surface area contributed by atoms with Crippen LogP contribution < -0.4 is 10.5 Å². The van der Waals surface area contributed by atoms with E-state index in [1.54, 1.807) is 7.11 Å². The largest absolute Gasteiger partial charge is 0.496 e. The van der Waals surface area contributed by atoms with Gasteiger partial charge >= 0.3 is 0 Å². The summed E-state index contributed by atoms with van der Waals surface area (Å²) in [7, 11) is 1.68. The summed E-state index contributed by atoms with van der Waals surface area (Å²) >= 11 is 6.16. The molecule has 94 valence electrons. The number of hydrogen-bond acceptors (Lipinski definition) is 2. The summed E-state index contributed by atoms with van der Waals surface area (Å²) in [5.41, 5.74) is 9.73. The van der Waals surface area contributed by atoms with Gasteiger partial charge in [-0.1, -0.05) is 23.7 Å². The smallest absolute Gasteiger partial charge is 0.122 e. The molecule has 3 heteroatoms. The van der Waals surface area contributed by atoms with Crippen LogP contribution in [0.3, 0.4) is 0 Å². The fourth-order valence-corrected chi connectivity index (χ4v) is 2.07. The maximum atomic E-state index is 6.16. The van der Waals surface area contributed by atoms with E-state index in [-0.39, 0.29) is 0 Å². The summed E-state index contributed by atoms with van der Waals surface area (Å²) in [6, 6.07) is 11.8. The topological polar surface area (TPSA) is 35.2 Å². The van der Waals surface area contributed by atoms with Crippen LogP contribution in [0.25, 0.3) is 0 Å². The molecule has 18 heavy (non-hydrogen) atoms. The van der Waals surface area contributed by atoms with Crippen molar-refractivity contribution in [1.29, 1.82) is 0 Å². The Bertz CT molecular complexity index is 549. The van der Waals surface area contributed by atoms with Crippen LogP contribution in [0.15, 0.2) is 36.4 Å². The summed E-state index contributed by atoms with van der Waals surface area (Å²) in [5.74, 6) is 0.869. The van der Waals surface area contributed by atoms with Crippen LogP contribution in [0.5, 0.6) is 5.75 Å². The van der Waals surface area contributed by atoms with Crippen molar-refractivity contribution in [2.45, 2.75) is 13.3 Å². The molecule has 0 aliphatic carbocycles. The maximum Gasteiger partial charge on any atom is 0.122 e. The number of methoxy groups -OCH3 is 1. The van der Waals surface area contributed by atoms with Crippen LogP contribution in [0.1, 0.15) is 16.7 Å². The SMILES string of the molecule is COc1cc(C)c(Cl)cc1Cc1ccc(N)cc1. The molecule has 2 aromatic rings. The standard InChI is InChI=1S/C15H16ClNO/c1-10-7-15(18-2)12(9-14(10)16)8-11-3-5-13(17)6-4-11/h3-7,9H,8,17H2,1-2H3. The monoisotopic (exact) mass is 261 g/mol. The third-order valence-corrected chi connectivity index (χ3v) is 3.34. The third-order valence-electron chi connectivity index (χ3n) is 2.94. The highest BCUT2D eigenvalue weighted by atomic mass is 35.5. The maximum absolute atomic E-state index is 6.16. The lowest BCUT2D eigenvalue weighted by Crippen LogP contribution is -1.95. The Labute approximate surface area is 112 Å². The van der Waals surface area contributed by atoms with E-state index >= 15 is 0 Å². The molecule has 2 aromatic carbocycles. The van der Waals surface area contributed by atoms with Crippen LogP contribution in [0, 0.1) is 6.92 Å². The second kappa shape index (κ2) is 5.32. The predicted octanol–water partition coefficient (Wildman–Crippen LogP) is 3.83. The van der Waals surface area contributed by atoms with E-state index in [2.05, 4.69) is 0 Å². The average Bonchev–Trinajstić information content (AvgIpc) is 2.36. The summed E-state index contributed by atoms with van der Waals surface area (Å²) in [6.07, 6.45) is 0.781. The van der Waals surface area contributed by atoms with Crippen molar-refractivity contribution < 1.29 is 4.74 Å². The van der Waals surface area contributed by atoms with Crippen molar-refractivity contribution in [2.75, 3.05) is 12.8 Å². The molecule has 2 nitrogen and oxygen atoms in total. The molecule has 2 rings (SSSR count). The van der Waals surface area contributed by atoms with Crippen molar-refractivity contribution >= 4 is 17.3 Å². The van der Waals surface area contributed by atoms with Gasteiger partial charge in [-0.25, -0.2) is 0 Å². The zero-order chi connectivity index (χ0) is 13.1. The second-order valence-electron chi connectivity index (χ2n) is 4.33. The summed E-state index contributed by atoms with van der Waals surface area (Å²) in [5, 5.41) is 0.765. The minimum absolute atomic E-state index is 0.765. The average molecular weight is 262 g/mol. The van der Waals surface area contributed by atoms with Crippen LogP contribution >= 0.6 is 11.6 Å². The first kappa shape index (κ1) is 12.8. The Hall–Kier alpha value is -1.67. The molecule has 0 bridgehead atoms. The van der Waals surface area contributed by atoms with E-state index in [0.717, 1.165) is 34.0 Å². The molecule has 0 fully saturated rings. The molecule has 2 N–H and O–H groups in total. The van der Waals surface area contributed by atoms with Crippen molar-refractivity contribution in [3.63, 3.8) is 0 Å². The molecule has 0 heterocycles. The molecular formula is C15H16ClNO. The highest BCUT2D eigenvalue weighted by Gasteiger charge is 2.07. The molecule has 0 aromatic heterocycles. The Morgan fingerprint density at radius 1 is 1.17 bits per heavy atom. The van der Waals surface area contributed by atoms with Crippen molar-refractivity contribution in [2.24, 2.45) is 0 Å².